The van der Waals surface area contributed by atoms with Crippen LogP contribution >= 0.6 is 0 Å². The van der Waals surface area contributed by atoms with Crippen LogP contribution in [0.15, 0.2) is 30.3 Å². The van der Waals surface area contributed by atoms with Crippen molar-refractivity contribution in [1.29, 1.82) is 0 Å². The molecule has 1 aromatic carbocycles. The van der Waals surface area contributed by atoms with Crippen LogP contribution in [0.25, 0.3) is 0 Å². The Kier molecular flexibility index (Phi) is 5.70. The number of nitrogens with zero attached hydrogens (tertiary/aromatic N) is 2. The molecule has 1 heterocycles. The van der Waals surface area contributed by atoms with Gasteiger partial charge in [0.2, 0.25) is 0 Å². The standard InChI is InChI=1S/C19H30N2O2/c22-18(17-7-3-1-4-8-17)15-20-11-13-21(14-12-20)16-19(23)9-5-2-6-10-19/h1,3-4,7-8,18,22-23H,2,5-6,9-16H2/t18-/m0/s1. The summed E-state index contributed by atoms with van der Waals surface area (Å²) in [6.45, 7) is 5.44. The van der Waals surface area contributed by atoms with Crippen LogP contribution in [0.5, 0.6) is 0 Å². The van der Waals surface area contributed by atoms with Gasteiger partial charge in [0, 0.05) is 39.3 Å². The predicted octanol–water partition coefficient (Wildman–Crippen LogP) is 2.03. The molecule has 1 aliphatic carbocycles. The zero-order chi connectivity index (χ0) is 16.1. The highest BCUT2D eigenvalue weighted by Crippen LogP contribution is 2.29. The van der Waals surface area contributed by atoms with Crippen molar-refractivity contribution in [1.82, 2.24) is 9.80 Å². The van der Waals surface area contributed by atoms with E-state index in [2.05, 4.69) is 9.80 Å². The van der Waals surface area contributed by atoms with Gasteiger partial charge in [-0.3, -0.25) is 9.80 Å². The Hall–Kier alpha value is -0.940. The molecular weight excluding hydrogens is 288 g/mol. The van der Waals surface area contributed by atoms with E-state index in [0.29, 0.717) is 6.54 Å². The van der Waals surface area contributed by atoms with Crippen LogP contribution in [-0.2, 0) is 0 Å². The van der Waals surface area contributed by atoms with Gasteiger partial charge in [-0.15, -0.1) is 0 Å². The molecule has 1 aromatic rings. The molecule has 0 spiro atoms. The molecule has 128 valence electrons. The summed E-state index contributed by atoms with van der Waals surface area (Å²) >= 11 is 0. The minimum Gasteiger partial charge on any atom is -0.389 e. The second-order valence-electron chi connectivity index (χ2n) is 7.29. The van der Waals surface area contributed by atoms with E-state index in [1.54, 1.807) is 0 Å². The zero-order valence-electron chi connectivity index (χ0n) is 14.0. The molecule has 1 saturated carbocycles. The zero-order valence-corrected chi connectivity index (χ0v) is 14.0. The van der Waals surface area contributed by atoms with Gasteiger partial charge in [-0.05, 0) is 18.4 Å². The van der Waals surface area contributed by atoms with E-state index in [0.717, 1.165) is 51.1 Å². The predicted molar refractivity (Wildman–Crippen MR) is 92.3 cm³/mol. The summed E-state index contributed by atoms with van der Waals surface area (Å²) in [6, 6.07) is 9.90. The molecule has 4 nitrogen and oxygen atoms in total. The maximum absolute atomic E-state index is 10.7. The second-order valence-corrected chi connectivity index (χ2v) is 7.29. The fraction of sp³-hybridized carbons (Fsp3) is 0.684. The SMILES string of the molecule is O[C@@H](CN1CCN(CC2(O)CCCCC2)CC1)c1ccccc1. The summed E-state index contributed by atoms with van der Waals surface area (Å²) in [6.07, 6.45) is 5.11. The van der Waals surface area contributed by atoms with E-state index in [9.17, 15) is 10.2 Å². The van der Waals surface area contributed by atoms with Crippen molar-refractivity contribution in [2.24, 2.45) is 0 Å². The smallest absolute Gasteiger partial charge is 0.0916 e. The van der Waals surface area contributed by atoms with Crippen molar-refractivity contribution in [2.45, 2.75) is 43.8 Å². The lowest BCUT2D eigenvalue weighted by Crippen LogP contribution is -2.52. The first-order valence-electron chi connectivity index (χ1n) is 9.05. The molecule has 23 heavy (non-hydrogen) atoms. The normalized spacial score (nSPS) is 24.4. The van der Waals surface area contributed by atoms with Crippen LogP contribution in [0.4, 0.5) is 0 Å². The van der Waals surface area contributed by atoms with Crippen LogP contribution < -0.4 is 0 Å². The summed E-state index contributed by atoms with van der Waals surface area (Å²) < 4.78 is 0. The van der Waals surface area contributed by atoms with Crippen molar-refractivity contribution < 1.29 is 10.2 Å². The van der Waals surface area contributed by atoms with Gasteiger partial charge in [-0.2, -0.15) is 0 Å². The third-order valence-electron chi connectivity index (χ3n) is 5.38. The lowest BCUT2D eigenvalue weighted by atomic mass is 9.84. The number of aliphatic hydroxyl groups is 2. The molecular formula is C19H30N2O2. The maximum atomic E-state index is 10.7. The van der Waals surface area contributed by atoms with E-state index < -0.39 is 11.7 Å². The van der Waals surface area contributed by atoms with E-state index in [-0.39, 0.29) is 0 Å². The lowest BCUT2D eigenvalue weighted by Gasteiger charge is -2.41. The van der Waals surface area contributed by atoms with E-state index in [1.807, 2.05) is 30.3 Å². The second kappa shape index (κ2) is 7.75. The summed E-state index contributed by atoms with van der Waals surface area (Å²) in [4.78, 5) is 4.73. The van der Waals surface area contributed by atoms with Gasteiger partial charge in [0.1, 0.15) is 0 Å². The molecule has 0 amide bonds. The molecule has 2 aliphatic rings. The first kappa shape index (κ1) is 16.9. The van der Waals surface area contributed by atoms with Gasteiger partial charge in [-0.25, -0.2) is 0 Å². The highest BCUT2D eigenvalue weighted by Gasteiger charge is 2.32. The van der Waals surface area contributed by atoms with Crippen LogP contribution in [0.3, 0.4) is 0 Å². The number of aliphatic hydroxyl groups excluding tert-OH is 1. The molecule has 1 aliphatic heterocycles. The Morgan fingerprint density at radius 1 is 0.913 bits per heavy atom. The topological polar surface area (TPSA) is 46.9 Å². The molecule has 0 bridgehead atoms. The quantitative estimate of drug-likeness (QED) is 0.872. The average molecular weight is 318 g/mol. The number of benzene rings is 1. The highest BCUT2D eigenvalue weighted by molar-refractivity contribution is 5.17. The monoisotopic (exact) mass is 318 g/mol. The van der Waals surface area contributed by atoms with Gasteiger partial charge in [0.15, 0.2) is 0 Å². The fourth-order valence-corrected chi connectivity index (χ4v) is 3.94. The number of β-amino-alcohol motifs (C(OH)–C–C–N with tert-alkyl or cyclic N) is 2. The fourth-order valence-electron chi connectivity index (χ4n) is 3.94. The first-order valence-corrected chi connectivity index (χ1v) is 9.05. The lowest BCUT2D eigenvalue weighted by molar-refractivity contribution is -0.0379. The molecule has 0 unspecified atom stereocenters. The summed E-state index contributed by atoms with van der Waals surface area (Å²) in [5.74, 6) is 0. The average Bonchev–Trinajstić information content (AvgIpc) is 2.58. The first-order chi connectivity index (χ1) is 11.1. The van der Waals surface area contributed by atoms with Gasteiger partial charge >= 0.3 is 0 Å². The van der Waals surface area contributed by atoms with Gasteiger partial charge < -0.3 is 10.2 Å². The number of piperazine rings is 1. The number of hydrogen-bond acceptors (Lipinski definition) is 4. The minimum atomic E-state index is -0.454. The molecule has 0 aromatic heterocycles. The van der Waals surface area contributed by atoms with Crippen molar-refractivity contribution in [3.05, 3.63) is 35.9 Å². The molecule has 4 heteroatoms. The Morgan fingerprint density at radius 2 is 1.52 bits per heavy atom. The van der Waals surface area contributed by atoms with Crippen LogP contribution in [-0.4, -0.2) is 64.9 Å². The number of hydrogen-bond donors (Lipinski definition) is 2. The Bertz CT molecular complexity index is 466. The molecule has 2 N–H and O–H groups in total. The molecule has 0 radical (unpaired) electrons. The van der Waals surface area contributed by atoms with E-state index >= 15 is 0 Å². The number of rotatable bonds is 5. The Morgan fingerprint density at radius 3 is 2.17 bits per heavy atom. The van der Waals surface area contributed by atoms with Gasteiger partial charge in [0.25, 0.3) is 0 Å². The van der Waals surface area contributed by atoms with Crippen LogP contribution in [0.1, 0.15) is 43.8 Å². The van der Waals surface area contributed by atoms with Crippen molar-refractivity contribution in [2.75, 3.05) is 39.3 Å². The molecule has 2 fully saturated rings. The summed E-state index contributed by atoms with van der Waals surface area (Å²) in [5, 5.41) is 21.0. The van der Waals surface area contributed by atoms with Gasteiger partial charge in [0.05, 0.1) is 11.7 Å². The van der Waals surface area contributed by atoms with Crippen molar-refractivity contribution >= 4 is 0 Å². The Balaban J connectivity index is 1.43. The van der Waals surface area contributed by atoms with E-state index in [1.165, 1.54) is 19.3 Å². The Labute approximate surface area is 139 Å². The third-order valence-corrected chi connectivity index (χ3v) is 5.38. The molecule has 1 atom stereocenters. The highest BCUT2D eigenvalue weighted by atomic mass is 16.3. The van der Waals surface area contributed by atoms with E-state index in [4.69, 9.17) is 0 Å². The van der Waals surface area contributed by atoms with Crippen LogP contribution in [0.2, 0.25) is 0 Å². The summed E-state index contributed by atoms with van der Waals surface area (Å²) in [7, 11) is 0. The van der Waals surface area contributed by atoms with Gasteiger partial charge in [-0.1, -0.05) is 49.6 Å². The summed E-state index contributed by atoms with van der Waals surface area (Å²) in [5.41, 5.74) is 0.538. The third kappa shape index (κ3) is 4.77. The van der Waals surface area contributed by atoms with Crippen LogP contribution in [0, 0.1) is 0 Å². The van der Waals surface area contributed by atoms with Crippen molar-refractivity contribution in [3.8, 4) is 0 Å². The largest absolute Gasteiger partial charge is 0.389 e. The molecule has 1 saturated heterocycles. The minimum absolute atomic E-state index is 0.412. The molecule has 3 rings (SSSR count). The maximum Gasteiger partial charge on any atom is 0.0916 e. The van der Waals surface area contributed by atoms with Crippen molar-refractivity contribution in [3.63, 3.8) is 0 Å².